The van der Waals surface area contributed by atoms with Crippen LogP contribution in [0, 0.1) is 12.8 Å². The zero-order valence-electron chi connectivity index (χ0n) is 16.1. The average Bonchev–Trinajstić information content (AvgIpc) is 2.70. The summed E-state index contributed by atoms with van der Waals surface area (Å²) in [5, 5.41) is 0. The summed E-state index contributed by atoms with van der Waals surface area (Å²) >= 11 is 0. The van der Waals surface area contributed by atoms with Crippen molar-refractivity contribution in [2.75, 3.05) is 0 Å². The van der Waals surface area contributed by atoms with E-state index in [1.54, 1.807) is 12.1 Å². The number of rotatable bonds is 4. The van der Waals surface area contributed by atoms with Crippen molar-refractivity contribution in [2.45, 2.75) is 18.7 Å². The molecule has 0 spiro atoms. The summed E-state index contributed by atoms with van der Waals surface area (Å²) in [5.74, 6) is -0.890. The Bertz CT molecular complexity index is 1200. The fourth-order valence-electron chi connectivity index (χ4n) is 3.46. The minimum Gasteiger partial charge on any atom is -0.274 e. The van der Waals surface area contributed by atoms with Gasteiger partial charge in [-0.25, -0.2) is 13.4 Å². The molecule has 0 bridgehead atoms. The number of aliphatic imine (C=N–C) groups is 1. The van der Waals surface area contributed by atoms with Crippen LogP contribution in [0.4, 0.5) is 0 Å². The number of dihydropyridines is 1. The molecule has 5 nitrogen and oxygen atoms in total. The Morgan fingerprint density at radius 2 is 1.62 bits per heavy atom. The van der Waals surface area contributed by atoms with Crippen LogP contribution in [0.2, 0.25) is 0 Å². The summed E-state index contributed by atoms with van der Waals surface area (Å²) in [6.45, 7) is 3.84. The van der Waals surface area contributed by atoms with Gasteiger partial charge in [-0.2, -0.15) is 0 Å². The molecule has 0 saturated carbocycles. The van der Waals surface area contributed by atoms with E-state index >= 15 is 0 Å². The van der Waals surface area contributed by atoms with E-state index in [0.29, 0.717) is 11.3 Å². The maximum atomic E-state index is 13.0. The summed E-state index contributed by atoms with van der Waals surface area (Å²) < 4.78 is 28.5. The first-order valence-electron chi connectivity index (χ1n) is 9.24. The molecule has 1 aliphatic carbocycles. The van der Waals surface area contributed by atoms with Crippen LogP contribution in [0.3, 0.4) is 0 Å². The summed E-state index contributed by atoms with van der Waals surface area (Å²) in [6, 6.07) is 15.8. The molecule has 1 amide bonds. The van der Waals surface area contributed by atoms with Gasteiger partial charge in [-0.3, -0.25) is 9.52 Å². The lowest BCUT2D eigenvalue weighted by molar-refractivity contribution is -0.114. The molecule has 1 aliphatic heterocycles. The van der Waals surface area contributed by atoms with Crippen molar-refractivity contribution in [3.63, 3.8) is 0 Å². The van der Waals surface area contributed by atoms with E-state index in [0.717, 1.165) is 16.7 Å². The molecule has 0 fully saturated rings. The van der Waals surface area contributed by atoms with Gasteiger partial charge in [0.15, 0.2) is 0 Å². The first kappa shape index (κ1) is 19.1. The third-order valence-electron chi connectivity index (χ3n) is 4.94. The van der Waals surface area contributed by atoms with Crippen molar-refractivity contribution < 1.29 is 13.2 Å². The first-order valence-corrected chi connectivity index (χ1v) is 10.7. The second kappa shape index (κ2) is 7.29. The largest absolute Gasteiger partial charge is 0.294 e. The number of fused-ring (bicyclic) bond motifs is 1. The Kier molecular flexibility index (Phi) is 4.80. The standard InChI is InChI=1S/C23H20N2O3S/c1-15-8-11-18(12-9-15)29(27,28)25-22-21(17-6-4-3-5-7-17)19-14-16(2)10-13-20(19)24-23(22)26/h3-14,19,25H,1-2H3. The highest BCUT2D eigenvalue weighted by molar-refractivity contribution is 7.89. The second-order valence-corrected chi connectivity index (χ2v) is 8.82. The maximum Gasteiger partial charge on any atom is 0.294 e. The highest BCUT2D eigenvalue weighted by Gasteiger charge is 2.34. The SMILES string of the molecule is CC1=CC2C(=NC(=O)C(NS(=O)(=O)c3ccc(C)cc3)=C2c2ccccc2)C=C1. The van der Waals surface area contributed by atoms with Crippen LogP contribution in [0.15, 0.2) is 94.0 Å². The molecule has 2 aromatic carbocycles. The number of sulfonamides is 1. The van der Waals surface area contributed by atoms with Gasteiger partial charge in [0, 0.05) is 11.5 Å². The van der Waals surface area contributed by atoms with Crippen LogP contribution >= 0.6 is 0 Å². The van der Waals surface area contributed by atoms with Gasteiger partial charge < -0.3 is 0 Å². The summed E-state index contributed by atoms with van der Waals surface area (Å²) in [7, 11) is -3.94. The lowest BCUT2D eigenvalue weighted by atomic mass is 9.81. The van der Waals surface area contributed by atoms with Gasteiger partial charge in [0.2, 0.25) is 0 Å². The molecule has 1 unspecified atom stereocenters. The van der Waals surface area contributed by atoms with E-state index in [2.05, 4.69) is 9.71 Å². The van der Waals surface area contributed by atoms with Gasteiger partial charge in [-0.05, 0) is 37.6 Å². The van der Waals surface area contributed by atoms with Crippen molar-refractivity contribution >= 4 is 27.2 Å². The van der Waals surface area contributed by atoms with E-state index in [9.17, 15) is 13.2 Å². The number of hydrogen-bond donors (Lipinski definition) is 1. The number of carbonyl (C=O) groups excluding carboxylic acids is 1. The molecule has 0 saturated heterocycles. The Morgan fingerprint density at radius 1 is 0.931 bits per heavy atom. The molecular formula is C23H20N2O3S. The van der Waals surface area contributed by atoms with Gasteiger partial charge >= 0.3 is 0 Å². The molecule has 0 aromatic heterocycles. The molecule has 4 rings (SSSR count). The quantitative estimate of drug-likeness (QED) is 0.842. The Balaban J connectivity index is 1.86. The van der Waals surface area contributed by atoms with Crippen LogP contribution in [0.5, 0.6) is 0 Å². The predicted molar refractivity (Wildman–Crippen MR) is 114 cm³/mol. The van der Waals surface area contributed by atoms with Crippen molar-refractivity contribution in [2.24, 2.45) is 10.9 Å². The van der Waals surface area contributed by atoms with Crippen LogP contribution in [-0.2, 0) is 14.8 Å². The molecule has 1 N–H and O–H groups in total. The molecule has 1 atom stereocenters. The molecule has 2 aromatic rings. The van der Waals surface area contributed by atoms with Gasteiger partial charge in [-0.15, -0.1) is 0 Å². The summed E-state index contributed by atoms with van der Waals surface area (Å²) in [4.78, 5) is 17.1. The third kappa shape index (κ3) is 3.71. The van der Waals surface area contributed by atoms with Gasteiger partial charge in [0.1, 0.15) is 5.70 Å². The summed E-state index contributed by atoms with van der Waals surface area (Å²) in [6.07, 6.45) is 5.70. The average molecular weight is 404 g/mol. The third-order valence-corrected chi connectivity index (χ3v) is 6.31. The lowest BCUT2D eigenvalue weighted by Crippen LogP contribution is -2.34. The summed E-state index contributed by atoms with van der Waals surface area (Å²) in [5.41, 5.74) is 3.96. The zero-order chi connectivity index (χ0) is 20.6. The van der Waals surface area contributed by atoms with Gasteiger partial charge in [0.25, 0.3) is 15.9 Å². The highest BCUT2D eigenvalue weighted by atomic mass is 32.2. The number of amides is 1. The number of carbonyl (C=O) groups is 1. The number of nitrogens with one attached hydrogen (secondary N) is 1. The molecule has 1 heterocycles. The Hall–Kier alpha value is -3.25. The highest BCUT2D eigenvalue weighted by Crippen LogP contribution is 2.35. The smallest absolute Gasteiger partial charge is 0.274 e. The Labute approximate surface area is 170 Å². The predicted octanol–water partition coefficient (Wildman–Crippen LogP) is 3.80. The van der Waals surface area contributed by atoms with Crippen LogP contribution in [0.25, 0.3) is 5.57 Å². The second-order valence-electron chi connectivity index (χ2n) is 7.14. The van der Waals surface area contributed by atoms with Crippen molar-refractivity contribution in [1.29, 1.82) is 0 Å². The topological polar surface area (TPSA) is 75.6 Å². The minimum absolute atomic E-state index is 0.00938. The van der Waals surface area contributed by atoms with E-state index in [4.69, 9.17) is 0 Å². The molecule has 6 heteroatoms. The van der Waals surface area contributed by atoms with Crippen molar-refractivity contribution in [3.05, 3.63) is 95.2 Å². The first-order chi connectivity index (χ1) is 13.8. The molecule has 2 aliphatic rings. The Morgan fingerprint density at radius 3 is 2.31 bits per heavy atom. The van der Waals surface area contributed by atoms with E-state index in [1.807, 2.05) is 62.4 Å². The van der Waals surface area contributed by atoms with E-state index < -0.39 is 15.9 Å². The number of allylic oxidation sites excluding steroid dienone is 5. The van der Waals surface area contributed by atoms with Crippen molar-refractivity contribution in [1.82, 2.24) is 4.72 Å². The molecular weight excluding hydrogens is 384 g/mol. The molecule has 29 heavy (non-hydrogen) atoms. The lowest BCUT2D eigenvalue weighted by Gasteiger charge is -2.27. The fourth-order valence-corrected chi connectivity index (χ4v) is 4.54. The fraction of sp³-hybridized carbons (Fsp3) is 0.130. The normalized spacial score (nSPS) is 18.8. The molecule has 0 radical (unpaired) electrons. The number of hydrogen-bond acceptors (Lipinski definition) is 3. The van der Waals surface area contributed by atoms with Crippen molar-refractivity contribution in [3.8, 4) is 0 Å². The molecule has 146 valence electrons. The maximum absolute atomic E-state index is 13.0. The number of nitrogens with zero attached hydrogens (tertiary/aromatic N) is 1. The van der Waals surface area contributed by atoms with Gasteiger partial charge in [0.05, 0.1) is 10.6 Å². The van der Waals surface area contributed by atoms with E-state index in [1.165, 1.54) is 12.1 Å². The zero-order valence-corrected chi connectivity index (χ0v) is 16.9. The van der Waals surface area contributed by atoms with E-state index in [-0.39, 0.29) is 16.5 Å². The van der Waals surface area contributed by atoms with Crippen LogP contribution in [-0.4, -0.2) is 20.0 Å². The van der Waals surface area contributed by atoms with Crippen LogP contribution in [0.1, 0.15) is 18.1 Å². The minimum atomic E-state index is -3.94. The number of benzene rings is 2. The van der Waals surface area contributed by atoms with Gasteiger partial charge in [-0.1, -0.05) is 65.8 Å². The number of aryl methyl sites for hydroxylation is 1. The monoisotopic (exact) mass is 404 g/mol. The van der Waals surface area contributed by atoms with Crippen LogP contribution < -0.4 is 4.72 Å².